The average Bonchev–Trinajstić information content (AvgIpc) is 2.79. The molecule has 0 unspecified atom stereocenters. The van der Waals surface area contributed by atoms with Gasteiger partial charge in [-0.05, 0) is 50.4 Å². The summed E-state index contributed by atoms with van der Waals surface area (Å²) < 4.78 is 11.5. The van der Waals surface area contributed by atoms with Crippen LogP contribution in [0.2, 0.25) is 5.02 Å². The van der Waals surface area contributed by atoms with Crippen molar-refractivity contribution in [2.24, 2.45) is 11.1 Å². The first-order valence-corrected chi connectivity index (χ1v) is 11.6. The van der Waals surface area contributed by atoms with Crippen LogP contribution >= 0.6 is 11.6 Å². The third-order valence-corrected chi connectivity index (χ3v) is 6.33. The monoisotopic (exact) mass is 451 g/mol. The maximum Gasteiger partial charge on any atom is 0.223 e. The van der Waals surface area contributed by atoms with Gasteiger partial charge in [0.15, 0.2) is 0 Å². The minimum atomic E-state index is -0.417. The highest BCUT2D eigenvalue weighted by Crippen LogP contribution is 2.36. The maximum absolute atomic E-state index is 13.1. The highest BCUT2D eigenvalue weighted by molar-refractivity contribution is 6.30. The van der Waals surface area contributed by atoms with E-state index in [9.17, 15) is 9.59 Å². The Kier molecular flexibility index (Phi) is 8.99. The Labute approximate surface area is 189 Å². The first-order valence-electron chi connectivity index (χ1n) is 11.2. The smallest absolute Gasteiger partial charge is 0.223 e. The quantitative estimate of drug-likeness (QED) is 0.583. The predicted molar refractivity (Wildman–Crippen MR) is 120 cm³/mol. The topological polar surface area (TPSA) is 85.1 Å². The summed E-state index contributed by atoms with van der Waals surface area (Å²) in [4.78, 5) is 29.7. The van der Waals surface area contributed by atoms with E-state index in [1.54, 1.807) is 12.1 Å². The van der Waals surface area contributed by atoms with Crippen molar-refractivity contribution < 1.29 is 19.1 Å². The Morgan fingerprint density at radius 3 is 2.68 bits per heavy atom. The van der Waals surface area contributed by atoms with Gasteiger partial charge in [-0.1, -0.05) is 17.7 Å². The molecule has 1 aromatic carbocycles. The number of ether oxygens (including phenoxy) is 2. The third-order valence-electron chi connectivity index (χ3n) is 6.09. The van der Waals surface area contributed by atoms with Crippen LogP contribution in [-0.2, 0) is 14.3 Å². The van der Waals surface area contributed by atoms with Gasteiger partial charge in [-0.3, -0.25) is 9.59 Å². The SMILES string of the molecule is NCCCCC(=O)N1CCC[C@@](COc2cccc(Cl)c2)(CC(=O)N2CCOCC2)C1. The Bertz CT molecular complexity index is 741. The van der Waals surface area contributed by atoms with Crippen LogP contribution in [0.25, 0.3) is 0 Å². The Balaban J connectivity index is 1.70. The van der Waals surface area contributed by atoms with Crippen molar-refractivity contribution in [3.05, 3.63) is 29.3 Å². The van der Waals surface area contributed by atoms with E-state index in [0.717, 1.165) is 32.2 Å². The molecule has 172 valence electrons. The van der Waals surface area contributed by atoms with E-state index >= 15 is 0 Å². The van der Waals surface area contributed by atoms with Crippen LogP contribution in [-0.4, -0.2) is 74.2 Å². The minimum absolute atomic E-state index is 0.107. The maximum atomic E-state index is 13.1. The summed E-state index contributed by atoms with van der Waals surface area (Å²) in [5.74, 6) is 0.923. The summed E-state index contributed by atoms with van der Waals surface area (Å²) in [6.07, 6.45) is 4.21. The standard InChI is InChI=1S/C23H34ClN3O4/c24-19-5-3-6-20(15-19)31-18-23(16-22(29)26-11-13-30-14-12-26)8-4-10-27(17-23)21(28)7-1-2-9-25/h3,5-6,15H,1-2,4,7-14,16-18,25H2/t23-/m1/s1. The van der Waals surface area contributed by atoms with Gasteiger partial charge in [-0.25, -0.2) is 0 Å². The molecule has 7 nitrogen and oxygen atoms in total. The highest BCUT2D eigenvalue weighted by Gasteiger charge is 2.41. The van der Waals surface area contributed by atoms with Crippen LogP contribution in [0.15, 0.2) is 24.3 Å². The highest BCUT2D eigenvalue weighted by atomic mass is 35.5. The molecule has 8 heteroatoms. The predicted octanol–water partition coefficient (Wildman–Crippen LogP) is 2.71. The first kappa shape index (κ1) is 23.8. The van der Waals surface area contributed by atoms with Crippen molar-refractivity contribution in [3.8, 4) is 5.75 Å². The van der Waals surface area contributed by atoms with E-state index in [2.05, 4.69) is 0 Å². The summed E-state index contributed by atoms with van der Waals surface area (Å²) in [6.45, 7) is 4.61. The second-order valence-electron chi connectivity index (χ2n) is 8.58. The zero-order chi connectivity index (χ0) is 22.1. The lowest BCUT2D eigenvalue weighted by Crippen LogP contribution is -2.52. The Morgan fingerprint density at radius 2 is 1.94 bits per heavy atom. The van der Waals surface area contributed by atoms with Gasteiger partial charge < -0.3 is 25.0 Å². The van der Waals surface area contributed by atoms with E-state index in [4.69, 9.17) is 26.8 Å². The molecule has 0 bridgehead atoms. The second kappa shape index (κ2) is 11.7. The summed E-state index contributed by atoms with van der Waals surface area (Å²) in [5, 5.41) is 0.608. The van der Waals surface area contributed by atoms with Crippen molar-refractivity contribution in [1.29, 1.82) is 0 Å². The number of hydrogen-bond acceptors (Lipinski definition) is 5. The molecule has 2 fully saturated rings. The van der Waals surface area contributed by atoms with Crippen molar-refractivity contribution >= 4 is 23.4 Å². The minimum Gasteiger partial charge on any atom is -0.493 e. The van der Waals surface area contributed by atoms with Crippen LogP contribution in [0.1, 0.15) is 38.5 Å². The fourth-order valence-electron chi connectivity index (χ4n) is 4.35. The number of carbonyl (C=O) groups is 2. The lowest BCUT2D eigenvalue weighted by molar-refractivity contribution is -0.143. The van der Waals surface area contributed by atoms with E-state index in [0.29, 0.717) is 69.6 Å². The zero-order valence-electron chi connectivity index (χ0n) is 18.2. The number of nitrogens with zero attached hydrogens (tertiary/aromatic N) is 2. The van der Waals surface area contributed by atoms with Gasteiger partial charge in [0, 0.05) is 49.5 Å². The van der Waals surface area contributed by atoms with Gasteiger partial charge in [-0.2, -0.15) is 0 Å². The number of hydrogen-bond donors (Lipinski definition) is 1. The van der Waals surface area contributed by atoms with Crippen LogP contribution in [0, 0.1) is 5.41 Å². The van der Waals surface area contributed by atoms with Gasteiger partial charge in [0.05, 0.1) is 19.8 Å². The third kappa shape index (κ3) is 7.09. The fourth-order valence-corrected chi connectivity index (χ4v) is 4.53. The number of piperidine rings is 1. The van der Waals surface area contributed by atoms with Crippen LogP contribution in [0.5, 0.6) is 5.75 Å². The second-order valence-corrected chi connectivity index (χ2v) is 9.02. The lowest BCUT2D eigenvalue weighted by atomic mass is 9.77. The molecular formula is C23H34ClN3O4. The molecule has 2 aliphatic rings. The summed E-state index contributed by atoms with van der Waals surface area (Å²) in [7, 11) is 0. The number of unbranched alkanes of at least 4 members (excludes halogenated alkanes) is 1. The molecule has 2 saturated heterocycles. The molecule has 0 saturated carbocycles. The number of benzene rings is 1. The Hall–Kier alpha value is -1.83. The van der Waals surface area contributed by atoms with Crippen molar-refractivity contribution in [1.82, 2.24) is 9.80 Å². The Morgan fingerprint density at radius 1 is 1.13 bits per heavy atom. The van der Waals surface area contributed by atoms with E-state index in [-0.39, 0.29) is 11.8 Å². The van der Waals surface area contributed by atoms with Gasteiger partial charge >= 0.3 is 0 Å². The van der Waals surface area contributed by atoms with Gasteiger partial charge in [0.1, 0.15) is 5.75 Å². The van der Waals surface area contributed by atoms with Crippen LogP contribution < -0.4 is 10.5 Å². The summed E-state index contributed by atoms with van der Waals surface area (Å²) in [6, 6.07) is 7.28. The van der Waals surface area contributed by atoms with Crippen molar-refractivity contribution in [2.45, 2.75) is 38.5 Å². The molecule has 2 heterocycles. The van der Waals surface area contributed by atoms with Crippen molar-refractivity contribution in [3.63, 3.8) is 0 Å². The number of nitrogens with two attached hydrogens (primary N) is 1. The average molecular weight is 452 g/mol. The number of halogens is 1. The zero-order valence-corrected chi connectivity index (χ0v) is 18.9. The molecule has 0 spiro atoms. The van der Waals surface area contributed by atoms with Gasteiger partial charge in [0.2, 0.25) is 11.8 Å². The van der Waals surface area contributed by atoms with E-state index in [1.807, 2.05) is 21.9 Å². The lowest BCUT2D eigenvalue weighted by Gasteiger charge is -2.43. The van der Waals surface area contributed by atoms with Crippen LogP contribution in [0.4, 0.5) is 0 Å². The summed E-state index contributed by atoms with van der Waals surface area (Å²) in [5.41, 5.74) is 5.15. The fraction of sp³-hybridized carbons (Fsp3) is 0.652. The normalized spacial score (nSPS) is 21.7. The number of morpholine rings is 1. The van der Waals surface area contributed by atoms with Crippen LogP contribution in [0.3, 0.4) is 0 Å². The van der Waals surface area contributed by atoms with E-state index in [1.165, 1.54) is 0 Å². The molecule has 2 N–H and O–H groups in total. The number of rotatable bonds is 9. The van der Waals surface area contributed by atoms with E-state index < -0.39 is 5.41 Å². The largest absolute Gasteiger partial charge is 0.493 e. The molecule has 31 heavy (non-hydrogen) atoms. The molecule has 0 aromatic heterocycles. The number of likely N-dealkylation sites (tertiary alicyclic amines) is 1. The van der Waals surface area contributed by atoms with Crippen molar-refractivity contribution in [2.75, 3.05) is 52.5 Å². The van der Waals surface area contributed by atoms with Gasteiger partial charge in [-0.15, -0.1) is 0 Å². The number of amides is 2. The van der Waals surface area contributed by atoms with Gasteiger partial charge in [0.25, 0.3) is 0 Å². The molecule has 0 radical (unpaired) electrons. The molecule has 1 atom stereocenters. The molecule has 2 aliphatic heterocycles. The molecule has 3 rings (SSSR count). The first-order chi connectivity index (χ1) is 15.0. The summed E-state index contributed by atoms with van der Waals surface area (Å²) >= 11 is 6.10. The molecule has 1 aromatic rings. The molecule has 2 amide bonds. The number of carbonyl (C=O) groups excluding carboxylic acids is 2. The molecule has 0 aliphatic carbocycles. The molecular weight excluding hydrogens is 418 g/mol.